The molecule has 0 aliphatic heterocycles. The van der Waals surface area contributed by atoms with Gasteiger partial charge in [-0.25, -0.2) is 16.5 Å². The molecule has 0 atom stereocenters. The second-order valence-corrected chi connectivity index (χ2v) is 8.11. The van der Waals surface area contributed by atoms with Crippen LogP contribution >= 0.6 is 0 Å². The minimum absolute atomic E-state index is 0. The minimum Gasteiger partial charge on any atom is -0.439 e. The summed E-state index contributed by atoms with van der Waals surface area (Å²) in [4.78, 5) is 10.5. The van der Waals surface area contributed by atoms with E-state index in [9.17, 15) is 26.3 Å². The topological polar surface area (TPSA) is 74.6 Å². The van der Waals surface area contributed by atoms with Crippen LogP contribution in [0.4, 0.5) is 26.3 Å². The largest absolute Gasteiger partial charge is 0.439 e. The number of ether oxygens (including phenoxy) is 2. The molecule has 0 unspecified atom stereocenters. The average Bonchev–Trinajstić information content (AvgIpc) is 2.91. The lowest BCUT2D eigenvalue weighted by Gasteiger charge is -2.08. The third-order valence-corrected chi connectivity index (χ3v) is 5.11. The van der Waals surface area contributed by atoms with Crippen LogP contribution in [0.15, 0.2) is 85.2 Å². The van der Waals surface area contributed by atoms with Crippen molar-refractivity contribution in [2.24, 2.45) is 5.73 Å². The van der Waals surface area contributed by atoms with Gasteiger partial charge in [-0.05, 0) is 67.1 Å². The number of aromatic nitrogens is 2. The number of hydrogen-bond donors (Lipinski definition) is 1. The molecule has 0 radical (unpaired) electrons. The minimum atomic E-state index is -4.41. The fourth-order valence-electron chi connectivity index (χ4n) is 3.10. The molecule has 0 fully saturated rings. The Hall–Kier alpha value is -4.63. The third-order valence-electron chi connectivity index (χ3n) is 5.11. The van der Waals surface area contributed by atoms with Gasteiger partial charge in [0.25, 0.3) is 0 Å². The molecule has 0 bridgehead atoms. The zero-order chi connectivity index (χ0) is 29.2. The van der Waals surface area contributed by atoms with E-state index >= 15 is 0 Å². The molecule has 0 amide bonds. The summed E-state index contributed by atoms with van der Waals surface area (Å²) in [5.74, 6) is 1.16. The number of hydrogen-bond acceptors (Lipinski definition) is 5. The second-order valence-electron chi connectivity index (χ2n) is 8.11. The molecule has 0 saturated carbocycles. The van der Waals surface area contributed by atoms with E-state index in [0.717, 1.165) is 48.1 Å². The molecule has 6 nitrogen and oxygen atoms in total. The average molecular weight is 563 g/mol. The molecule has 210 valence electrons. The van der Waals surface area contributed by atoms with Gasteiger partial charge in [-0.3, -0.25) is 0 Å². The summed E-state index contributed by atoms with van der Waals surface area (Å²) in [6, 6.07) is 18.1. The smallest absolute Gasteiger partial charge is 0.417 e. The molecule has 0 spiro atoms. The van der Waals surface area contributed by atoms with E-state index in [1.807, 2.05) is 12.1 Å². The molecule has 2 N–H and O–H groups in total. The first kappa shape index (κ1) is 29.9. The van der Waals surface area contributed by atoms with Gasteiger partial charge < -0.3 is 20.1 Å². The normalized spacial score (nSPS) is 11.2. The van der Waals surface area contributed by atoms with Crippen LogP contribution in [0, 0.1) is 6.57 Å². The molecule has 4 rings (SSSR count). The van der Waals surface area contributed by atoms with Gasteiger partial charge in [0, 0.05) is 31.5 Å². The van der Waals surface area contributed by atoms with Gasteiger partial charge in [-0.1, -0.05) is 12.1 Å². The third kappa shape index (κ3) is 9.28. The second kappa shape index (κ2) is 13.4. The van der Waals surface area contributed by atoms with Gasteiger partial charge in [0.05, 0.1) is 11.1 Å². The maximum absolute atomic E-state index is 12.4. The molecule has 2 aromatic carbocycles. The zero-order valence-electron chi connectivity index (χ0n) is 20.7. The fraction of sp³-hybridized carbons (Fsp3) is 0.179. The molecule has 2 aromatic heterocycles. The SMILES string of the molecule is NCCc1ccc(Oc2ccc(C(F)(F)F)cn2)cc1.[C-]#[N+]Cc1ccc(Oc2ccc(C(F)(F)F)cn2)cc1.[HH]. The van der Waals surface area contributed by atoms with Crippen LogP contribution in [0.5, 0.6) is 23.3 Å². The highest BCUT2D eigenvalue weighted by Crippen LogP contribution is 2.31. The van der Waals surface area contributed by atoms with E-state index in [1.54, 1.807) is 36.4 Å². The maximum Gasteiger partial charge on any atom is 0.417 e. The van der Waals surface area contributed by atoms with Crippen LogP contribution in [-0.2, 0) is 25.3 Å². The quantitative estimate of drug-likeness (QED) is 0.183. The van der Waals surface area contributed by atoms with Crippen LogP contribution in [0.2, 0.25) is 0 Å². The summed E-state index contributed by atoms with van der Waals surface area (Å²) < 4.78 is 84.9. The lowest BCUT2D eigenvalue weighted by atomic mass is 10.1. The summed E-state index contributed by atoms with van der Waals surface area (Å²) in [6.45, 7) is 7.57. The first-order chi connectivity index (χ1) is 19.0. The monoisotopic (exact) mass is 562 g/mol. The van der Waals surface area contributed by atoms with Crippen molar-refractivity contribution >= 4 is 0 Å². The molecule has 40 heavy (non-hydrogen) atoms. The molecule has 2 heterocycles. The number of rotatable bonds is 7. The van der Waals surface area contributed by atoms with E-state index in [1.165, 1.54) is 6.07 Å². The lowest BCUT2D eigenvalue weighted by Crippen LogP contribution is -2.05. The maximum atomic E-state index is 12.4. The Morgan fingerprint density at radius 1 is 0.675 bits per heavy atom. The highest BCUT2D eigenvalue weighted by Gasteiger charge is 2.31. The van der Waals surface area contributed by atoms with Crippen molar-refractivity contribution in [1.82, 2.24) is 9.97 Å². The van der Waals surface area contributed by atoms with Gasteiger partial charge in [0.15, 0.2) is 0 Å². The molecule has 0 saturated heterocycles. The Balaban J connectivity index is 0.000000280. The number of alkyl halides is 6. The first-order valence-electron chi connectivity index (χ1n) is 11.6. The first-order valence-corrected chi connectivity index (χ1v) is 11.6. The van der Waals surface area contributed by atoms with Crippen LogP contribution < -0.4 is 15.2 Å². The Morgan fingerprint density at radius 3 is 1.43 bits per heavy atom. The summed E-state index contributed by atoms with van der Waals surface area (Å²) >= 11 is 0. The van der Waals surface area contributed by atoms with Crippen LogP contribution in [0.3, 0.4) is 0 Å². The van der Waals surface area contributed by atoms with E-state index in [-0.39, 0.29) is 19.7 Å². The van der Waals surface area contributed by atoms with Crippen molar-refractivity contribution in [2.45, 2.75) is 25.3 Å². The van der Waals surface area contributed by atoms with E-state index in [2.05, 4.69) is 14.8 Å². The summed E-state index contributed by atoms with van der Waals surface area (Å²) in [5, 5.41) is 0. The van der Waals surface area contributed by atoms with E-state index in [4.69, 9.17) is 21.8 Å². The van der Waals surface area contributed by atoms with E-state index in [0.29, 0.717) is 18.0 Å². The summed E-state index contributed by atoms with van der Waals surface area (Å²) in [5.41, 5.74) is 5.72. The number of halogens is 6. The Bertz CT molecular complexity index is 1390. The predicted octanol–water partition coefficient (Wildman–Crippen LogP) is 7.95. The van der Waals surface area contributed by atoms with Crippen LogP contribution in [0.25, 0.3) is 4.85 Å². The summed E-state index contributed by atoms with van der Waals surface area (Å²) in [6.07, 6.45) is -6.57. The van der Waals surface area contributed by atoms with Crippen molar-refractivity contribution in [1.29, 1.82) is 0 Å². The van der Waals surface area contributed by atoms with Crippen molar-refractivity contribution < 1.29 is 37.2 Å². The van der Waals surface area contributed by atoms with E-state index < -0.39 is 23.5 Å². The number of pyridine rings is 2. The molecule has 0 aliphatic rings. The highest BCUT2D eigenvalue weighted by atomic mass is 19.4. The Labute approximate surface area is 227 Å². The lowest BCUT2D eigenvalue weighted by molar-refractivity contribution is -0.138. The number of nitrogens with two attached hydrogens (primary N) is 1. The highest BCUT2D eigenvalue weighted by molar-refractivity contribution is 5.32. The summed E-state index contributed by atoms with van der Waals surface area (Å²) in [7, 11) is 0. The molecule has 0 aliphatic carbocycles. The van der Waals surface area contributed by atoms with Crippen LogP contribution in [-0.4, -0.2) is 16.5 Å². The molecule has 4 aromatic rings. The van der Waals surface area contributed by atoms with Gasteiger partial charge in [-0.15, -0.1) is 0 Å². The Morgan fingerprint density at radius 2 is 1.10 bits per heavy atom. The molecular weight excluding hydrogens is 538 g/mol. The standard InChI is InChI=1S/C14H9F3N2O.C14H13F3N2O.H2/c1-18-8-10-2-5-12(6-3-10)20-13-7-4-11(9-19-13)14(15,16)17;15-14(16,17)11-3-6-13(19-9-11)20-12-4-1-10(2-5-12)7-8-18;/h2-7,9H,8H2;1-6,9H,7-8,18H2;1H. The molecular formula is C28H24F6N4O2. The van der Waals surface area contributed by atoms with Gasteiger partial charge >= 0.3 is 12.4 Å². The number of benzene rings is 2. The molecule has 12 heteroatoms. The van der Waals surface area contributed by atoms with Gasteiger partial charge in [0.1, 0.15) is 11.5 Å². The fourth-order valence-corrected chi connectivity index (χ4v) is 3.10. The van der Waals surface area contributed by atoms with Crippen LogP contribution in [0.1, 0.15) is 23.7 Å². The Kier molecular flexibility index (Phi) is 10.1. The predicted molar refractivity (Wildman–Crippen MR) is 137 cm³/mol. The van der Waals surface area contributed by atoms with Gasteiger partial charge in [-0.2, -0.15) is 26.3 Å². The van der Waals surface area contributed by atoms with Gasteiger partial charge in [0.2, 0.25) is 18.3 Å². The van der Waals surface area contributed by atoms with Crippen molar-refractivity contribution in [3.8, 4) is 23.3 Å². The van der Waals surface area contributed by atoms with Crippen molar-refractivity contribution in [2.75, 3.05) is 6.54 Å². The van der Waals surface area contributed by atoms with Crippen molar-refractivity contribution in [3.63, 3.8) is 0 Å². The zero-order valence-corrected chi connectivity index (χ0v) is 20.7. The number of nitrogens with zero attached hydrogens (tertiary/aromatic N) is 3. The van der Waals surface area contributed by atoms with Crippen molar-refractivity contribution in [3.05, 3.63) is 119 Å².